The van der Waals surface area contributed by atoms with Gasteiger partial charge in [-0.2, -0.15) is 0 Å². The molecule has 1 saturated heterocycles. The van der Waals surface area contributed by atoms with Crippen LogP contribution in [0.3, 0.4) is 0 Å². The molecule has 1 saturated carbocycles. The first-order valence-electron chi connectivity index (χ1n) is 5.31. The molecule has 2 fully saturated rings. The summed E-state index contributed by atoms with van der Waals surface area (Å²) in [6.07, 6.45) is 2.36. The fourth-order valence-corrected chi connectivity index (χ4v) is 2.17. The van der Waals surface area contributed by atoms with Gasteiger partial charge in [-0.1, -0.05) is 6.92 Å². The molecule has 2 rings (SSSR count). The van der Waals surface area contributed by atoms with Crippen LogP contribution in [-0.2, 0) is 4.79 Å². The Hall–Kier alpha value is -0.610. The van der Waals surface area contributed by atoms with E-state index in [0.29, 0.717) is 13.1 Å². The first-order chi connectivity index (χ1) is 6.54. The molecule has 3 N–H and O–H groups in total. The molecule has 0 aromatic carbocycles. The molecule has 1 aliphatic heterocycles. The second kappa shape index (κ2) is 3.21. The van der Waals surface area contributed by atoms with Crippen molar-refractivity contribution in [2.24, 2.45) is 11.7 Å². The quantitative estimate of drug-likeness (QED) is 0.640. The Kier molecular flexibility index (Phi) is 2.27. The molecule has 4 heteroatoms. The first kappa shape index (κ1) is 9.93. The van der Waals surface area contributed by atoms with E-state index in [2.05, 4.69) is 0 Å². The van der Waals surface area contributed by atoms with E-state index in [1.807, 2.05) is 6.92 Å². The summed E-state index contributed by atoms with van der Waals surface area (Å²) < 4.78 is 0. The maximum atomic E-state index is 11.7. The number of likely N-dealkylation sites (tertiary alicyclic amines) is 1. The van der Waals surface area contributed by atoms with Crippen LogP contribution in [0.2, 0.25) is 0 Å². The zero-order valence-corrected chi connectivity index (χ0v) is 8.57. The Bertz CT molecular complexity index is 243. The summed E-state index contributed by atoms with van der Waals surface area (Å²) in [4.78, 5) is 13.5. The number of hydrogen-bond donors (Lipinski definition) is 2. The number of hydrogen-bond acceptors (Lipinski definition) is 3. The average Bonchev–Trinajstić information content (AvgIpc) is 2.06. The molecule has 1 aliphatic carbocycles. The zero-order chi connectivity index (χ0) is 10.3. The normalized spacial score (nSPS) is 34.6. The summed E-state index contributed by atoms with van der Waals surface area (Å²) in [6.45, 7) is 2.96. The lowest BCUT2D eigenvalue weighted by Gasteiger charge is -2.48. The predicted octanol–water partition coefficient (Wildman–Crippen LogP) is -0.293. The highest BCUT2D eigenvalue weighted by atomic mass is 16.3. The second-order valence-corrected chi connectivity index (χ2v) is 4.70. The van der Waals surface area contributed by atoms with Gasteiger partial charge in [-0.05, 0) is 19.3 Å². The lowest BCUT2D eigenvalue weighted by molar-refractivity contribution is -0.162. The van der Waals surface area contributed by atoms with Gasteiger partial charge in [0.25, 0.3) is 0 Å². The van der Waals surface area contributed by atoms with Crippen molar-refractivity contribution >= 4 is 5.91 Å². The van der Waals surface area contributed by atoms with Gasteiger partial charge in [0.15, 0.2) is 0 Å². The fraction of sp³-hybridized carbons (Fsp3) is 0.900. The van der Waals surface area contributed by atoms with Gasteiger partial charge in [0.05, 0.1) is 18.7 Å². The minimum atomic E-state index is -0.610. The van der Waals surface area contributed by atoms with E-state index < -0.39 is 5.60 Å². The van der Waals surface area contributed by atoms with Gasteiger partial charge in [-0.15, -0.1) is 0 Å². The number of carbonyl (C=O) groups is 1. The van der Waals surface area contributed by atoms with Crippen molar-refractivity contribution in [1.82, 2.24) is 4.90 Å². The molecule has 0 atom stereocenters. The monoisotopic (exact) mass is 198 g/mol. The summed E-state index contributed by atoms with van der Waals surface area (Å²) in [7, 11) is 0. The van der Waals surface area contributed by atoms with Crippen LogP contribution in [0.4, 0.5) is 0 Å². The zero-order valence-electron chi connectivity index (χ0n) is 8.57. The van der Waals surface area contributed by atoms with E-state index in [-0.39, 0.29) is 17.9 Å². The van der Waals surface area contributed by atoms with Crippen LogP contribution >= 0.6 is 0 Å². The van der Waals surface area contributed by atoms with Crippen LogP contribution < -0.4 is 5.73 Å². The molecule has 2 aliphatic rings. The molecule has 0 aromatic rings. The highest BCUT2D eigenvalue weighted by Gasteiger charge is 2.45. The highest BCUT2D eigenvalue weighted by molar-refractivity contribution is 5.81. The topological polar surface area (TPSA) is 66.6 Å². The molecule has 0 bridgehead atoms. The Morgan fingerprint density at radius 1 is 1.57 bits per heavy atom. The Morgan fingerprint density at radius 2 is 2.14 bits per heavy atom. The molecule has 1 heterocycles. The third-order valence-corrected chi connectivity index (χ3v) is 3.46. The summed E-state index contributed by atoms with van der Waals surface area (Å²) in [5, 5.41) is 9.74. The molecule has 0 spiro atoms. The van der Waals surface area contributed by atoms with Gasteiger partial charge in [-0.25, -0.2) is 0 Å². The Morgan fingerprint density at radius 3 is 2.57 bits per heavy atom. The minimum Gasteiger partial charge on any atom is -0.386 e. The number of rotatable bonds is 2. The number of aliphatic hydroxyl groups is 1. The molecule has 0 aromatic heterocycles. The molecule has 80 valence electrons. The van der Waals surface area contributed by atoms with Crippen molar-refractivity contribution in [2.75, 3.05) is 13.1 Å². The van der Waals surface area contributed by atoms with Crippen LogP contribution in [0, 0.1) is 5.92 Å². The maximum Gasteiger partial charge on any atom is 0.226 e. The van der Waals surface area contributed by atoms with E-state index >= 15 is 0 Å². The van der Waals surface area contributed by atoms with Crippen LogP contribution in [0.1, 0.15) is 26.2 Å². The first-order valence-corrected chi connectivity index (χ1v) is 5.31. The van der Waals surface area contributed by atoms with Gasteiger partial charge in [0.2, 0.25) is 5.91 Å². The lowest BCUT2D eigenvalue weighted by atomic mass is 9.78. The van der Waals surface area contributed by atoms with Gasteiger partial charge >= 0.3 is 0 Å². The summed E-state index contributed by atoms with van der Waals surface area (Å²) in [6, 6.07) is 0.218. The van der Waals surface area contributed by atoms with E-state index in [9.17, 15) is 9.90 Å². The molecular formula is C10H18N2O2. The largest absolute Gasteiger partial charge is 0.386 e. The molecule has 1 amide bonds. The minimum absolute atomic E-state index is 0.131. The number of carbonyl (C=O) groups excluding carboxylic acids is 1. The predicted molar refractivity (Wildman–Crippen MR) is 52.5 cm³/mol. The van der Waals surface area contributed by atoms with Crippen molar-refractivity contribution in [3.8, 4) is 0 Å². The number of nitrogens with two attached hydrogens (primary N) is 1. The molecule has 4 nitrogen and oxygen atoms in total. The van der Waals surface area contributed by atoms with Crippen molar-refractivity contribution < 1.29 is 9.90 Å². The van der Waals surface area contributed by atoms with Crippen LogP contribution in [-0.4, -0.2) is 40.6 Å². The van der Waals surface area contributed by atoms with Crippen LogP contribution in [0.5, 0.6) is 0 Å². The molecular weight excluding hydrogens is 180 g/mol. The van der Waals surface area contributed by atoms with Gasteiger partial charge in [0, 0.05) is 12.0 Å². The smallest absolute Gasteiger partial charge is 0.226 e. The van der Waals surface area contributed by atoms with Crippen LogP contribution in [0.25, 0.3) is 0 Å². The van der Waals surface area contributed by atoms with Crippen molar-refractivity contribution in [1.29, 1.82) is 0 Å². The average molecular weight is 198 g/mol. The molecule has 0 radical (unpaired) electrons. The number of nitrogens with zero attached hydrogens (tertiary/aromatic N) is 1. The lowest BCUT2D eigenvalue weighted by Crippen LogP contribution is -2.65. The highest BCUT2D eigenvalue weighted by Crippen LogP contribution is 2.32. The van der Waals surface area contributed by atoms with Gasteiger partial charge < -0.3 is 15.7 Å². The third kappa shape index (κ3) is 1.53. The maximum absolute atomic E-state index is 11.7. The van der Waals surface area contributed by atoms with E-state index in [4.69, 9.17) is 5.73 Å². The third-order valence-electron chi connectivity index (χ3n) is 3.46. The number of β-amino-alcohol motifs (C(OH)–C–C–N with tert-alkyl or cyclic N) is 1. The van der Waals surface area contributed by atoms with E-state index in [1.54, 1.807) is 4.90 Å². The van der Waals surface area contributed by atoms with Gasteiger partial charge in [0.1, 0.15) is 0 Å². The molecule has 0 unspecified atom stereocenters. The second-order valence-electron chi connectivity index (χ2n) is 4.70. The Balaban J connectivity index is 1.79. The standard InChI is InChI=1S/C10H18N2O2/c1-2-10(14)5-12(6-10)9(13)7-3-8(11)4-7/h7-8,14H,2-6,11H2,1H3. The Labute approximate surface area is 84.1 Å². The number of amides is 1. The van der Waals surface area contributed by atoms with E-state index in [0.717, 1.165) is 19.3 Å². The summed E-state index contributed by atoms with van der Waals surface area (Å²) >= 11 is 0. The van der Waals surface area contributed by atoms with Crippen LogP contribution in [0.15, 0.2) is 0 Å². The van der Waals surface area contributed by atoms with Crippen molar-refractivity contribution in [3.05, 3.63) is 0 Å². The van der Waals surface area contributed by atoms with Gasteiger partial charge in [-0.3, -0.25) is 4.79 Å². The SMILES string of the molecule is CCC1(O)CN(C(=O)C2CC(N)C2)C1. The van der Waals surface area contributed by atoms with Crippen molar-refractivity contribution in [2.45, 2.75) is 37.8 Å². The molecule has 14 heavy (non-hydrogen) atoms. The van der Waals surface area contributed by atoms with Crippen molar-refractivity contribution in [3.63, 3.8) is 0 Å². The van der Waals surface area contributed by atoms with E-state index in [1.165, 1.54) is 0 Å². The fourth-order valence-electron chi connectivity index (χ4n) is 2.17. The summed E-state index contributed by atoms with van der Waals surface area (Å²) in [5.74, 6) is 0.316. The summed E-state index contributed by atoms with van der Waals surface area (Å²) in [5.41, 5.74) is 5.02.